The average Bonchev–Trinajstić information content (AvgIpc) is 3.50. The molecule has 0 radical (unpaired) electrons. The Morgan fingerprint density at radius 2 is 1.85 bits per heavy atom. The van der Waals surface area contributed by atoms with Gasteiger partial charge >= 0.3 is 0 Å². The zero-order chi connectivity index (χ0) is 23.2. The van der Waals surface area contributed by atoms with Crippen molar-refractivity contribution < 1.29 is 18.7 Å². The van der Waals surface area contributed by atoms with E-state index in [9.17, 15) is 9.59 Å². The highest BCUT2D eigenvalue weighted by Crippen LogP contribution is 2.23. The lowest BCUT2D eigenvalue weighted by Gasteiger charge is -2.11. The summed E-state index contributed by atoms with van der Waals surface area (Å²) in [5.41, 5.74) is 2.45. The third kappa shape index (κ3) is 4.98. The predicted molar refractivity (Wildman–Crippen MR) is 127 cm³/mol. The maximum atomic E-state index is 13.1. The predicted octanol–water partition coefficient (Wildman–Crippen LogP) is 4.35. The molecule has 168 valence electrons. The average molecular weight is 444 g/mol. The van der Waals surface area contributed by atoms with Crippen LogP contribution < -0.4 is 15.4 Å². The minimum atomic E-state index is -0.415. The molecule has 0 aliphatic rings. The van der Waals surface area contributed by atoms with Gasteiger partial charge in [0.25, 0.3) is 11.8 Å². The van der Waals surface area contributed by atoms with Crippen LogP contribution >= 0.6 is 0 Å². The Balaban J connectivity index is 1.66. The summed E-state index contributed by atoms with van der Waals surface area (Å²) in [5, 5.41) is 6.57. The van der Waals surface area contributed by atoms with Crippen LogP contribution in [-0.4, -0.2) is 23.5 Å². The van der Waals surface area contributed by atoms with Gasteiger partial charge in [-0.25, -0.2) is 0 Å². The van der Waals surface area contributed by atoms with Crippen LogP contribution in [0.1, 0.15) is 28.6 Å². The molecule has 2 aromatic heterocycles. The molecule has 4 aromatic rings. The van der Waals surface area contributed by atoms with Crippen molar-refractivity contribution in [1.29, 1.82) is 0 Å². The maximum Gasteiger partial charge on any atom is 0.268 e. The largest absolute Gasteiger partial charge is 0.497 e. The fraction of sp³-hybridized carbons (Fsp3) is 0.154. The van der Waals surface area contributed by atoms with Gasteiger partial charge in [-0.05, 0) is 55.5 Å². The number of para-hydroxylation sites is 1. The van der Waals surface area contributed by atoms with Gasteiger partial charge in [0.05, 0.1) is 19.9 Å². The van der Waals surface area contributed by atoms with E-state index in [4.69, 9.17) is 9.15 Å². The molecule has 4 rings (SSSR count). The fourth-order valence-electron chi connectivity index (χ4n) is 3.58. The van der Waals surface area contributed by atoms with Crippen molar-refractivity contribution in [3.8, 4) is 5.75 Å². The molecule has 0 saturated heterocycles. The number of methoxy groups -OCH3 is 1. The third-order valence-electron chi connectivity index (χ3n) is 5.31. The van der Waals surface area contributed by atoms with Crippen LogP contribution in [0, 0.1) is 0 Å². The fourth-order valence-corrected chi connectivity index (χ4v) is 3.58. The van der Waals surface area contributed by atoms with E-state index in [1.165, 1.54) is 0 Å². The van der Waals surface area contributed by atoms with Gasteiger partial charge in [-0.2, -0.15) is 0 Å². The summed E-state index contributed by atoms with van der Waals surface area (Å²) in [6, 6.07) is 18.2. The number of fused-ring (bicyclic) bond motifs is 1. The standard InChI is InChI=1S/C26H25N3O4/c1-3-29-17-19(22-8-4-5-9-24(22)29)15-23(26(31)27-16-21-7-6-14-33-21)28-25(30)18-10-12-20(32-2)13-11-18/h4-15,17H,3,16H2,1-2H3,(H,27,31)(H,28,30). The third-order valence-corrected chi connectivity index (χ3v) is 5.31. The van der Waals surface area contributed by atoms with Crippen LogP contribution in [-0.2, 0) is 17.9 Å². The lowest BCUT2D eigenvalue weighted by atomic mass is 10.1. The first-order chi connectivity index (χ1) is 16.1. The Kier molecular flexibility index (Phi) is 6.59. The Morgan fingerprint density at radius 1 is 1.06 bits per heavy atom. The lowest BCUT2D eigenvalue weighted by Crippen LogP contribution is -2.34. The first-order valence-corrected chi connectivity index (χ1v) is 10.6. The van der Waals surface area contributed by atoms with Gasteiger partial charge in [-0.15, -0.1) is 0 Å². The molecular formula is C26H25N3O4. The number of aromatic nitrogens is 1. The van der Waals surface area contributed by atoms with Gasteiger partial charge in [-0.1, -0.05) is 18.2 Å². The number of aryl methyl sites for hydroxylation is 1. The molecule has 2 amide bonds. The van der Waals surface area contributed by atoms with Crippen molar-refractivity contribution in [2.75, 3.05) is 7.11 Å². The molecule has 0 saturated carbocycles. The number of rotatable bonds is 8. The highest BCUT2D eigenvalue weighted by atomic mass is 16.5. The summed E-state index contributed by atoms with van der Waals surface area (Å²) >= 11 is 0. The first-order valence-electron chi connectivity index (χ1n) is 10.6. The SMILES string of the molecule is CCn1cc(C=C(NC(=O)c2ccc(OC)cc2)C(=O)NCc2ccco2)c2ccccc21. The monoisotopic (exact) mass is 443 g/mol. The van der Waals surface area contributed by atoms with E-state index in [1.807, 2.05) is 30.5 Å². The first kappa shape index (κ1) is 22.0. The molecule has 2 N–H and O–H groups in total. The van der Waals surface area contributed by atoms with E-state index in [2.05, 4.69) is 22.1 Å². The number of nitrogens with zero attached hydrogens (tertiary/aromatic N) is 1. The number of benzene rings is 2. The summed E-state index contributed by atoms with van der Waals surface area (Å²) in [5.74, 6) is 0.454. The Bertz CT molecular complexity index is 1290. The van der Waals surface area contributed by atoms with E-state index < -0.39 is 11.8 Å². The number of hydrogen-bond donors (Lipinski definition) is 2. The maximum absolute atomic E-state index is 13.1. The summed E-state index contributed by atoms with van der Waals surface area (Å²) in [4.78, 5) is 26.0. The van der Waals surface area contributed by atoms with Crippen LogP contribution in [0.2, 0.25) is 0 Å². The number of nitrogens with one attached hydrogen (secondary N) is 2. The zero-order valence-electron chi connectivity index (χ0n) is 18.5. The topological polar surface area (TPSA) is 85.5 Å². The molecule has 0 aliphatic heterocycles. The molecule has 7 nitrogen and oxygen atoms in total. The van der Waals surface area contributed by atoms with Crippen molar-refractivity contribution in [2.24, 2.45) is 0 Å². The Hall–Kier alpha value is -4.26. The van der Waals surface area contributed by atoms with Gasteiger partial charge in [0.15, 0.2) is 0 Å². The molecule has 7 heteroatoms. The summed E-state index contributed by atoms with van der Waals surface area (Å²) in [7, 11) is 1.56. The van der Waals surface area contributed by atoms with E-state index in [0.717, 1.165) is 23.0 Å². The second-order valence-corrected chi connectivity index (χ2v) is 7.39. The lowest BCUT2D eigenvalue weighted by molar-refractivity contribution is -0.118. The second kappa shape index (κ2) is 9.91. The number of hydrogen-bond acceptors (Lipinski definition) is 4. The van der Waals surface area contributed by atoms with E-state index >= 15 is 0 Å². The number of furan rings is 1. The minimum Gasteiger partial charge on any atom is -0.497 e. The van der Waals surface area contributed by atoms with Gasteiger partial charge in [-0.3, -0.25) is 9.59 Å². The van der Waals surface area contributed by atoms with Crippen molar-refractivity contribution in [3.05, 3.63) is 95.7 Å². The van der Waals surface area contributed by atoms with Gasteiger partial charge in [0.1, 0.15) is 17.2 Å². The van der Waals surface area contributed by atoms with E-state index in [-0.39, 0.29) is 12.2 Å². The number of carbonyl (C=O) groups excluding carboxylic acids is 2. The summed E-state index contributed by atoms with van der Waals surface area (Å²) in [6.07, 6.45) is 5.22. The van der Waals surface area contributed by atoms with Gasteiger partial charge in [0, 0.05) is 34.8 Å². The molecule has 0 spiro atoms. The van der Waals surface area contributed by atoms with Gasteiger partial charge in [0.2, 0.25) is 0 Å². The van der Waals surface area contributed by atoms with Crippen LogP contribution in [0.15, 0.2) is 83.2 Å². The minimum absolute atomic E-state index is 0.140. The highest BCUT2D eigenvalue weighted by molar-refractivity contribution is 6.06. The number of carbonyl (C=O) groups is 2. The highest BCUT2D eigenvalue weighted by Gasteiger charge is 2.17. The molecule has 33 heavy (non-hydrogen) atoms. The van der Waals surface area contributed by atoms with Crippen LogP contribution in [0.3, 0.4) is 0 Å². The van der Waals surface area contributed by atoms with E-state index in [0.29, 0.717) is 17.1 Å². The van der Waals surface area contributed by atoms with Crippen LogP contribution in [0.25, 0.3) is 17.0 Å². The van der Waals surface area contributed by atoms with Crippen molar-refractivity contribution in [1.82, 2.24) is 15.2 Å². The molecule has 0 fully saturated rings. The quantitative estimate of drug-likeness (QED) is 0.397. The zero-order valence-corrected chi connectivity index (χ0v) is 18.5. The molecule has 2 heterocycles. The number of ether oxygens (including phenoxy) is 1. The van der Waals surface area contributed by atoms with Crippen LogP contribution in [0.5, 0.6) is 5.75 Å². The Morgan fingerprint density at radius 3 is 2.55 bits per heavy atom. The molecular weight excluding hydrogens is 418 g/mol. The van der Waals surface area contributed by atoms with Crippen molar-refractivity contribution in [3.63, 3.8) is 0 Å². The molecule has 0 aliphatic carbocycles. The summed E-state index contributed by atoms with van der Waals surface area (Å²) < 4.78 is 12.5. The van der Waals surface area contributed by atoms with Gasteiger partial charge < -0.3 is 24.4 Å². The van der Waals surface area contributed by atoms with Crippen molar-refractivity contribution in [2.45, 2.75) is 20.0 Å². The summed E-state index contributed by atoms with van der Waals surface area (Å²) in [6.45, 7) is 3.05. The second-order valence-electron chi connectivity index (χ2n) is 7.39. The molecule has 2 aromatic carbocycles. The molecule has 0 atom stereocenters. The smallest absolute Gasteiger partial charge is 0.268 e. The molecule has 0 unspecified atom stereocenters. The normalized spacial score (nSPS) is 11.4. The Labute approximate surface area is 191 Å². The number of amides is 2. The van der Waals surface area contributed by atoms with Crippen molar-refractivity contribution >= 4 is 28.8 Å². The molecule has 0 bridgehead atoms. The van der Waals surface area contributed by atoms with E-state index in [1.54, 1.807) is 55.8 Å². The van der Waals surface area contributed by atoms with Crippen LogP contribution in [0.4, 0.5) is 0 Å².